The molecular weight excluding hydrogens is 296 g/mol. The van der Waals surface area contributed by atoms with Crippen LogP contribution in [-0.2, 0) is 23.0 Å². The number of nitrogens with one attached hydrogen (secondary N) is 1. The molecule has 1 N–H and O–H groups in total. The molecule has 2 aromatic rings. The predicted molar refractivity (Wildman–Crippen MR) is 79.1 cm³/mol. The maximum atomic E-state index is 12.1. The fourth-order valence-electron chi connectivity index (χ4n) is 1.71. The monoisotopic (exact) mass is 310 g/mol. The summed E-state index contributed by atoms with van der Waals surface area (Å²) in [7, 11) is -3.57. The summed E-state index contributed by atoms with van der Waals surface area (Å²) in [5.74, 6) is 0. The summed E-state index contributed by atoms with van der Waals surface area (Å²) >= 11 is 5.70. The van der Waals surface area contributed by atoms with Crippen LogP contribution in [0, 0.1) is 0 Å². The van der Waals surface area contributed by atoms with Crippen molar-refractivity contribution in [3.63, 3.8) is 0 Å². The van der Waals surface area contributed by atoms with Crippen molar-refractivity contribution in [1.82, 2.24) is 9.71 Å². The molecule has 4 nitrogen and oxygen atoms in total. The molecule has 0 atom stereocenters. The van der Waals surface area contributed by atoms with Crippen molar-refractivity contribution >= 4 is 21.6 Å². The van der Waals surface area contributed by atoms with Gasteiger partial charge in [-0.05, 0) is 29.7 Å². The van der Waals surface area contributed by atoms with E-state index in [1.54, 1.807) is 0 Å². The Morgan fingerprint density at radius 2 is 1.80 bits per heavy atom. The zero-order chi connectivity index (χ0) is 14.6. The lowest BCUT2D eigenvalue weighted by atomic mass is 10.1. The van der Waals surface area contributed by atoms with Gasteiger partial charge in [0, 0.05) is 12.7 Å². The van der Waals surface area contributed by atoms with E-state index in [4.69, 9.17) is 11.6 Å². The molecule has 1 aromatic carbocycles. The van der Waals surface area contributed by atoms with Gasteiger partial charge in [-0.15, -0.1) is 0 Å². The van der Waals surface area contributed by atoms with Crippen LogP contribution in [0.5, 0.6) is 0 Å². The number of sulfonamides is 1. The molecule has 0 aliphatic heterocycles. The maximum Gasteiger partial charge on any atom is 0.241 e. The van der Waals surface area contributed by atoms with E-state index in [1.807, 2.05) is 24.3 Å². The summed E-state index contributed by atoms with van der Waals surface area (Å²) in [4.78, 5) is 3.88. The molecule has 0 unspecified atom stereocenters. The topological polar surface area (TPSA) is 59.1 Å². The fourth-order valence-corrected chi connectivity index (χ4v) is 2.98. The Labute approximate surface area is 123 Å². The van der Waals surface area contributed by atoms with E-state index in [0.717, 1.165) is 12.0 Å². The zero-order valence-electron chi connectivity index (χ0n) is 11.0. The van der Waals surface area contributed by atoms with Crippen LogP contribution in [-0.4, -0.2) is 13.4 Å². The third-order valence-electron chi connectivity index (χ3n) is 2.91. The lowest BCUT2D eigenvalue weighted by Gasteiger charge is -2.07. The number of rotatable bonds is 5. The van der Waals surface area contributed by atoms with Gasteiger partial charge in [0.1, 0.15) is 5.15 Å². The van der Waals surface area contributed by atoms with Gasteiger partial charge < -0.3 is 0 Å². The van der Waals surface area contributed by atoms with Crippen LogP contribution in [0.4, 0.5) is 0 Å². The van der Waals surface area contributed by atoms with Gasteiger partial charge in [-0.2, -0.15) is 0 Å². The van der Waals surface area contributed by atoms with Crippen molar-refractivity contribution < 1.29 is 8.42 Å². The minimum atomic E-state index is -3.57. The molecule has 0 saturated carbocycles. The Bertz CT molecular complexity index is 685. The largest absolute Gasteiger partial charge is 0.244 e. The highest BCUT2D eigenvalue weighted by Gasteiger charge is 2.14. The Morgan fingerprint density at radius 3 is 2.40 bits per heavy atom. The number of aromatic nitrogens is 1. The summed E-state index contributed by atoms with van der Waals surface area (Å²) in [5.41, 5.74) is 2.13. The second-order valence-electron chi connectivity index (χ2n) is 4.31. The van der Waals surface area contributed by atoms with E-state index in [9.17, 15) is 8.42 Å². The highest BCUT2D eigenvalue weighted by atomic mass is 35.5. The number of nitrogens with zero attached hydrogens (tertiary/aromatic N) is 1. The molecule has 20 heavy (non-hydrogen) atoms. The van der Waals surface area contributed by atoms with Gasteiger partial charge >= 0.3 is 0 Å². The molecule has 6 heteroatoms. The minimum absolute atomic E-state index is 0.114. The van der Waals surface area contributed by atoms with Crippen molar-refractivity contribution in [3.05, 3.63) is 58.9 Å². The van der Waals surface area contributed by atoms with Crippen molar-refractivity contribution in [1.29, 1.82) is 0 Å². The molecule has 0 saturated heterocycles. The molecule has 1 heterocycles. The molecule has 0 amide bonds. The van der Waals surface area contributed by atoms with Crippen LogP contribution in [0.3, 0.4) is 0 Å². The van der Waals surface area contributed by atoms with Crippen LogP contribution < -0.4 is 4.72 Å². The highest BCUT2D eigenvalue weighted by molar-refractivity contribution is 7.89. The number of hydrogen-bond acceptors (Lipinski definition) is 3. The third kappa shape index (κ3) is 3.79. The van der Waals surface area contributed by atoms with E-state index < -0.39 is 10.0 Å². The number of pyridine rings is 1. The Balaban J connectivity index is 2.09. The first-order valence-electron chi connectivity index (χ1n) is 6.20. The summed E-state index contributed by atoms with van der Waals surface area (Å²) in [5, 5.41) is 0.153. The summed E-state index contributed by atoms with van der Waals surface area (Å²) in [6.45, 7) is 2.32. The Kier molecular flexibility index (Phi) is 4.75. The summed E-state index contributed by atoms with van der Waals surface area (Å²) in [6, 6.07) is 10.6. The molecular formula is C14H15ClN2O2S. The molecule has 106 valence electrons. The fraction of sp³-hybridized carbons (Fsp3) is 0.214. The molecule has 0 fully saturated rings. The van der Waals surface area contributed by atoms with Gasteiger partial charge in [0.15, 0.2) is 0 Å². The first-order valence-corrected chi connectivity index (χ1v) is 8.06. The molecule has 1 aromatic heterocycles. The molecule has 0 radical (unpaired) electrons. The predicted octanol–water partition coefficient (Wildman–Crippen LogP) is 2.78. The quantitative estimate of drug-likeness (QED) is 0.864. The number of benzene rings is 1. The highest BCUT2D eigenvalue weighted by Crippen LogP contribution is 2.13. The van der Waals surface area contributed by atoms with Crippen molar-refractivity contribution in [2.75, 3.05) is 0 Å². The smallest absolute Gasteiger partial charge is 0.241 e. The van der Waals surface area contributed by atoms with E-state index in [-0.39, 0.29) is 16.6 Å². The second-order valence-corrected chi connectivity index (χ2v) is 6.46. The number of aryl methyl sites for hydroxylation is 1. The maximum absolute atomic E-state index is 12.1. The van der Waals surface area contributed by atoms with Crippen LogP contribution in [0.1, 0.15) is 18.1 Å². The first-order chi connectivity index (χ1) is 9.51. The van der Waals surface area contributed by atoms with Gasteiger partial charge in [0.2, 0.25) is 10.0 Å². The molecule has 0 bridgehead atoms. The minimum Gasteiger partial charge on any atom is -0.244 e. The molecule has 2 rings (SSSR count). The van der Waals surface area contributed by atoms with Gasteiger partial charge in [0.25, 0.3) is 0 Å². The number of hydrogen-bond donors (Lipinski definition) is 1. The molecule has 0 spiro atoms. The van der Waals surface area contributed by atoms with Gasteiger partial charge in [-0.25, -0.2) is 18.1 Å². The average Bonchev–Trinajstić information content (AvgIpc) is 2.46. The molecule has 0 aliphatic carbocycles. The Hall–Kier alpha value is -1.43. The first kappa shape index (κ1) is 15.0. The van der Waals surface area contributed by atoms with E-state index in [0.29, 0.717) is 0 Å². The lowest BCUT2D eigenvalue weighted by molar-refractivity contribution is 0.581. The summed E-state index contributed by atoms with van der Waals surface area (Å²) < 4.78 is 26.7. The standard InChI is InChI=1S/C14H15ClN2O2S/c1-2-11-3-5-12(6-4-11)10-17-20(18,19)13-7-8-16-14(15)9-13/h3-9,17H,2,10H2,1H3. The lowest BCUT2D eigenvalue weighted by Crippen LogP contribution is -2.23. The zero-order valence-corrected chi connectivity index (χ0v) is 12.6. The Morgan fingerprint density at radius 1 is 1.15 bits per heavy atom. The van der Waals surface area contributed by atoms with Gasteiger partial charge in [-0.1, -0.05) is 42.8 Å². The van der Waals surface area contributed by atoms with E-state index >= 15 is 0 Å². The number of halogens is 1. The second kappa shape index (κ2) is 6.35. The van der Waals surface area contributed by atoms with Crippen molar-refractivity contribution in [3.8, 4) is 0 Å². The van der Waals surface area contributed by atoms with Crippen LogP contribution in [0.25, 0.3) is 0 Å². The van der Waals surface area contributed by atoms with Gasteiger partial charge in [0.05, 0.1) is 4.90 Å². The third-order valence-corrected chi connectivity index (χ3v) is 4.51. The van der Waals surface area contributed by atoms with Crippen LogP contribution in [0.15, 0.2) is 47.5 Å². The SMILES string of the molecule is CCc1ccc(CNS(=O)(=O)c2ccnc(Cl)c2)cc1. The average molecular weight is 311 g/mol. The summed E-state index contributed by atoms with van der Waals surface area (Å²) in [6.07, 6.45) is 2.33. The van der Waals surface area contributed by atoms with Crippen molar-refractivity contribution in [2.45, 2.75) is 24.8 Å². The van der Waals surface area contributed by atoms with E-state index in [1.165, 1.54) is 23.9 Å². The normalized spacial score (nSPS) is 11.5. The van der Waals surface area contributed by atoms with Crippen LogP contribution >= 0.6 is 11.6 Å². The van der Waals surface area contributed by atoms with E-state index in [2.05, 4.69) is 16.6 Å². The van der Waals surface area contributed by atoms with Crippen LogP contribution in [0.2, 0.25) is 5.15 Å². The van der Waals surface area contributed by atoms with Crippen molar-refractivity contribution in [2.24, 2.45) is 0 Å². The van der Waals surface area contributed by atoms with Gasteiger partial charge in [-0.3, -0.25) is 0 Å². The molecule has 0 aliphatic rings.